The highest BCUT2D eigenvalue weighted by Crippen LogP contribution is 2.34. The van der Waals surface area contributed by atoms with Gasteiger partial charge in [-0.25, -0.2) is 4.79 Å². The Kier molecular flexibility index (Phi) is 4.25. The van der Waals surface area contributed by atoms with Crippen LogP contribution in [0.3, 0.4) is 0 Å². The van der Waals surface area contributed by atoms with E-state index in [0.717, 1.165) is 17.8 Å². The molecule has 1 N–H and O–H groups in total. The number of aliphatic carboxylic acids is 1. The molecule has 1 aliphatic rings. The van der Waals surface area contributed by atoms with Crippen LogP contribution >= 0.6 is 0 Å². The van der Waals surface area contributed by atoms with E-state index in [4.69, 9.17) is 5.11 Å². The van der Waals surface area contributed by atoms with Gasteiger partial charge in [-0.2, -0.15) is 0 Å². The second kappa shape index (κ2) is 5.91. The number of hydrogen-bond acceptors (Lipinski definition) is 2. The molecule has 0 amide bonds. The maximum atomic E-state index is 10.7. The maximum absolute atomic E-state index is 10.7. The topological polar surface area (TPSA) is 40.5 Å². The smallest absolute Gasteiger partial charge is 0.328 e. The normalized spacial score (nSPS) is 15.1. The van der Waals surface area contributed by atoms with E-state index in [-0.39, 0.29) is 0 Å². The summed E-state index contributed by atoms with van der Waals surface area (Å²) < 4.78 is 0. The molecule has 1 saturated carbocycles. The van der Waals surface area contributed by atoms with Gasteiger partial charge in [0.2, 0.25) is 0 Å². The van der Waals surface area contributed by atoms with Crippen molar-refractivity contribution in [2.24, 2.45) is 5.92 Å². The summed E-state index contributed by atoms with van der Waals surface area (Å²) in [7, 11) is 0. The molecular formula is C16H21NO2. The molecule has 0 aromatic heterocycles. The molecule has 0 unspecified atom stereocenters. The van der Waals surface area contributed by atoms with Gasteiger partial charge in [0, 0.05) is 24.4 Å². The summed E-state index contributed by atoms with van der Waals surface area (Å²) in [5.41, 5.74) is 2.13. The van der Waals surface area contributed by atoms with Crippen molar-refractivity contribution >= 4 is 17.7 Å². The highest BCUT2D eigenvalue weighted by atomic mass is 16.4. The van der Waals surface area contributed by atoms with E-state index in [0.29, 0.717) is 12.0 Å². The number of carbonyl (C=O) groups is 1. The number of hydrogen-bond donors (Lipinski definition) is 1. The molecular weight excluding hydrogens is 238 g/mol. The summed E-state index contributed by atoms with van der Waals surface area (Å²) in [4.78, 5) is 13.1. The fourth-order valence-corrected chi connectivity index (χ4v) is 2.27. The van der Waals surface area contributed by atoms with Crippen LogP contribution in [0.15, 0.2) is 30.3 Å². The number of carboxylic acids is 1. The molecule has 0 saturated heterocycles. The Balaban J connectivity index is 2.28. The third-order valence-electron chi connectivity index (χ3n) is 3.20. The summed E-state index contributed by atoms with van der Waals surface area (Å²) in [6, 6.07) is 8.66. The van der Waals surface area contributed by atoms with Gasteiger partial charge >= 0.3 is 5.97 Å². The van der Waals surface area contributed by atoms with Crippen LogP contribution in [0.25, 0.3) is 6.08 Å². The average Bonchev–Trinajstić information content (AvgIpc) is 3.18. The predicted molar refractivity (Wildman–Crippen MR) is 78.3 cm³/mol. The third-order valence-corrected chi connectivity index (χ3v) is 3.20. The van der Waals surface area contributed by atoms with Gasteiger partial charge in [0.05, 0.1) is 0 Å². The van der Waals surface area contributed by atoms with E-state index in [1.807, 2.05) is 18.2 Å². The standard InChI is InChI=1S/C16H21NO2/c1-12(2)11-17(14-8-9-14)15-6-4-3-5-13(15)7-10-16(18)19/h3-7,10,12,14H,8-9,11H2,1-2H3,(H,18,19)/b10-7+. The SMILES string of the molecule is CC(C)CN(c1ccccc1/C=C/C(=O)O)C1CC1. The average molecular weight is 259 g/mol. The van der Waals surface area contributed by atoms with Crippen LogP contribution in [-0.4, -0.2) is 23.7 Å². The van der Waals surface area contributed by atoms with Crippen LogP contribution in [-0.2, 0) is 4.79 Å². The quantitative estimate of drug-likeness (QED) is 0.796. The van der Waals surface area contributed by atoms with E-state index in [9.17, 15) is 4.79 Å². The van der Waals surface area contributed by atoms with Crippen molar-refractivity contribution in [2.75, 3.05) is 11.4 Å². The molecule has 0 radical (unpaired) electrons. The zero-order chi connectivity index (χ0) is 13.8. The first-order chi connectivity index (χ1) is 9.08. The van der Waals surface area contributed by atoms with E-state index in [1.165, 1.54) is 18.9 Å². The van der Waals surface area contributed by atoms with Gasteiger partial charge in [-0.15, -0.1) is 0 Å². The molecule has 1 aromatic rings. The van der Waals surface area contributed by atoms with Crippen molar-refractivity contribution in [3.05, 3.63) is 35.9 Å². The first-order valence-electron chi connectivity index (χ1n) is 6.84. The monoisotopic (exact) mass is 259 g/mol. The van der Waals surface area contributed by atoms with E-state index < -0.39 is 5.97 Å². The molecule has 3 nitrogen and oxygen atoms in total. The lowest BCUT2D eigenvalue weighted by atomic mass is 10.1. The van der Waals surface area contributed by atoms with Crippen molar-refractivity contribution in [3.8, 4) is 0 Å². The lowest BCUT2D eigenvalue weighted by Crippen LogP contribution is -2.30. The molecule has 0 spiro atoms. The molecule has 1 fully saturated rings. The Morgan fingerprint density at radius 3 is 2.68 bits per heavy atom. The minimum atomic E-state index is -0.906. The fourth-order valence-electron chi connectivity index (χ4n) is 2.27. The van der Waals surface area contributed by atoms with Crippen molar-refractivity contribution in [3.63, 3.8) is 0 Å². The van der Waals surface area contributed by atoms with Crippen LogP contribution in [0, 0.1) is 5.92 Å². The second-order valence-corrected chi connectivity index (χ2v) is 5.51. The second-order valence-electron chi connectivity index (χ2n) is 5.51. The summed E-state index contributed by atoms with van der Waals surface area (Å²) >= 11 is 0. The third kappa shape index (κ3) is 3.85. The van der Waals surface area contributed by atoms with Crippen LogP contribution in [0.5, 0.6) is 0 Å². The molecule has 0 aliphatic heterocycles. The lowest BCUT2D eigenvalue weighted by molar-refractivity contribution is -0.131. The Morgan fingerprint density at radius 1 is 1.42 bits per heavy atom. The Labute approximate surface area is 114 Å². The fraction of sp³-hybridized carbons (Fsp3) is 0.438. The van der Waals surface area contributed by atoms with Gasteiger partial charge in [-0.3, -0.25) is 0 Å². The molecule has 1 aliphatic carbocycles. The largest absolute Gasteiger partial charge is 0.478 e. The lowest BCUT2D eigenvalue weighted by Gasteiger charge is -2.28. The Morgan fingerprint density at radius 2 is 2.11 bits per heavy atom. The minimum Gasteiger partial charge on any atom is -0.478 e. The summed E-state index contributed by atoms with van der Waals surface area (Å²) in [6.07, 6.45) is 5.38. The number of nitrogens with zero attached hydrogens (tertiary/aromatic N) is 1. The van der Waals surface area contributed by atoms with Gasteiger partial charge in [-0.05, 0) is 36.5 Å². The molecule has 3 heteroatoms. The van der Waals surface area contributed by atoms with Crippen molar-refractivity contribution in [1.29, 1.82) is 0 Å². The molecule has 2 rings (SSSR count). The molecule has 0 atom stereocenters. The van der Waals surface area contributed by atoms with Gasteiger partial charge in [-0.1, -0.05) is 32.0 Å². The number of carboxylic acid groups (broad SMARTS) is 1. The van der Waals surface area contributed by atoms with E-state index in [1.54, 1.807) is 6.08 Å². The van der Waals surface area contributed by atoms with Crippen LogP contribution < -0.4 is 4.90 Å². The van der Waals surface area contributed by atoms with Crippen LogP contribution in [0.2, 0.25) is 0 Å². The van der Waals surface area contributed by atoms with Crippen LogP contribution in [0.4, 0.5) is 5.69 Å². The number of rotatable bonds is 6. The van der Waals surface area contributed by atoms with Gasteiger partial charge in [0.25, 0.3) is 0 Å². The predicted octanol–water partition coefficient (Wildman–Crippen LogP) is 3.41. The summed E-state index contributed by atoms with van der Waals surface area (Å²) in [5.74, 6) is -0.311. The molecule has 0 bridgehead atoms. The van der Waals surface area contributed by atoms with Gasteiger partial charge in [0.15, 0.2) is 0 Å². The van der Waals surface area contributed by atoms with Crippen LogP contribution in [0.1, 0.15) is 32.3 Å². The van der Waals surface area contributed by atoms with E-state index in [2.05, 4.69) is 24.8 Å². The summed E-state index contributed by atoms with van der Waals surface area (Å²) in [6.45, 7) is 5.44. The highest BCUT2D eigenvalue weighted by molar-refractivity contribution is 5.87. The zero-order valence-corrected chi connectivity index (χ0v) is 11.5. The Hall–Kier alpha value is -1.77. The van der Waals surface area contributed by atoms with E-state index >= 15 is 0 Å². The Bertz CT molecular complexity index is 475. The molecule has 1 aromatic carbocycles. The van der Waals surface area contributed by atoms with Crippen molar-refractivity contribution < 1.29 is 9.90 Å². The maximum Gasteiger partial charge on any atom is 0.328 e. The number of anilines is 1. The summed E-state index contributed by atoms with van der Waals surface area (Å²) in [5, 5.41) is 8.77. The molecule has 102 valence electrons. The number of para-hydroxylation sites is 1. The molecule has 19 heavy (non-hydrogen) atoms. The minimum absolute atomic E-state index is 0.595. The number of benzene rings is 1. The first kappa shape index (κ1) is 13.7. The van der Waals surface area contributed by atoms with Gasteiger partial charge < -0.3 is 10.0 Å². The zero-order valence-electron chi connectivity index (χ0n) is 11.5. The highest BCUT2D eigenvalue weighted by Gasteiger charge is 2.30. The van der Waals surface area contributed by atoms with Crippen molar-refractivity contribution in [2.45, 2.75) is 32.7 Å². The molecule has 0 heterocycles. The van der Waals surface area contributed by atoms with Crippen molar-refractivity contribution in [1.82, 2.24) is 0 Å². The first-order valence-corrected chi connectivity index (χ1v) is 6.84. The van der Waals surface area contributed by atoms with Gasteiger partial charge in [0.1, 0.15) is 0 Å².